The summed E-state index contributed by atoms with van der Waals surface area (Å²) in [7, 11) is -1.60. The molecule has 178 valence electrons. The summed E-state index contributed by atoms with van der Waals surface area (Å²) in [5.41, 5.74) is 1.41. The first-order valence-electron chi connectivity index (χ1n) is 11.2. The Morgan fingerprint density at radius 1 is 0.912 bits per heavy atom. The molecule has 34 heavy (non-hydrogen) atoms. The zero-order valence-electron chi connectivity index (χ0n) is 18.9. The predicted octanol–water partition coefficient (Wildman–Crippen LogP) is 2.91. The van der Waals surface area contributed by atoms with Gasteiger partial charge in [-0.1, -0.05) is 18.2 Å². The number of benzene rings is 2. The highest BCUT2D eigenvalue weighted by Gasteiger charge is 2.32. The van der Waals surface area contributed by atoms with Crippen LogP contribution in [0.5, 0.6) is 11.6 Å². The standard InChI is InChI=1S/C24H26FN5O3S/c1-28-13-15-29(16-14-28)24-26-22-11-12-30(34(31,32)20-5-3-2-4-6-20)17-21(22)23(27-24)33-19-9-7-18(25)8-10-19/h2-10H,11-17H2,1H3. The first kappa shape index (κ1) is 22.7. The number of aromatic nitrogens is 2. The highest BCUT2D eigenvalue weighted by Crippen LogP contribution is 2.33. The van der Waals surface area contributed by atoms with Crippen LogP contribution in [0.2, 0.25) is 0 Å². The second-order valence-electron chi connectivity index (χ2n) is 8.50. The van der Waals surface area contributed by atoms with Crippen molar-refractivity contribution in [2.24, 2.45) is 0 Å². The average molecular weight is 484 g/mol. The summed E-state index contributed by atoms with van der Waals surface area (Å²) in [6.07, 6.45) is 0.449. The van der Waals surface area contributed by atoms with Gasteiger partial charge in [0.05, 0.1) is 16.2 Å². The van der Waals surface area contributed by atoms with E-state index in [9.17, 15) is 12.8 Å². The Balaban J connectivity index is 1.51. The van der Waals surface area contributed by atoms with Gasteiger partial charge in [-0.25, -0.2) is 17.8 Å². The third-order valence-electron chi connectivity index (χ3n) is 6.17. The molecule has 0 amide bonds. The van der Waals surface area contributed by atoms with E-state index in [1.54, 1.807) is 30.3 Å². The molecule has 5 rings (SSSR count). The molecule has 0 aliphatic carbocycles. The lowest BCUT2D eigenvalue weighted by Crippen LogP contribution is -2.45. The summed E-state index contributed by atoms with van der Waals surface area (Å²) in [5.74, 6) is 0.937. The smallest absolute Gasteiger partial charge is 0.243 e. The van der Waals surface area contributed by atoms with Gasteiger partial charge in [-0.15, -0.1) is 0 Å². The van der Waals surface area contributed by atoms with Crippen LogP contribution in [0.4, 0.5) is 10.3 Å². The van der Waals surface area contributed by atoms with Crippen LogP contribution >= 0.6 is 0 Å². The molecule has 0 bridgehead atoms. The highest BCUT2D eigenvalue weighted by atomic mass is 32.2. The Bertz CT molecular complexity index is 1260. The van der Waals surface area contributed by atoms with Gasteiger partial charge in [0.1, 0.15) is 11.6 Å². The maximum absolute atomic E-state index is 13.4. The van der Waals surface area contributed by atoms with E-state index in [1.807, 2.05) is 0 Å². The molecule has 2 aliphatic heterocycles. The fourth-order valence-electron chi connectivity index (χ4n) is 4.14. The molecule has 10 heteroatoms. The van der Waals surface area contributed by atoms with Gasteiger partial charge >= 0.3 is 0 Å². The summed E-state index contributed by atoms with van der Waals surface area (Å²) in [5, 5.41) is 0. The van der Waals surface area contributed by atoms with Crippen molar-refractivity contribution >= 4 is 16.0 Å². The maximum atomic E-state index is 13.4. The quantitative estimate of drug-likeness (QED) is 0.552. The molecule has 0 unspecified atom stereocenters. The van der Waals surface area contributed by atoms with Crippen LogP contribution < -0.4 is 9.64 Å². The largest absolute Gasteiger partial charge is 0.438 e. The van der Waals surface area contributed by atoms with E-state index in [-0.39, 0.29) is 17.3 Å². The number of anilines is 1. The number of likely N-dealkylation sites (N-methyl/N-ethyl adjacent to an activating group) is 1. The molecular formula is C24H26FN5O3S. The third-order valence-corrected chi connectivity index (χ3v) is 8.03. The Labute approximate surface area is 198 Å². The zero-order chi connectivity index (χ0) is 23.7. The van der Waals surface area contributed by atoms with Crippen LogP contribution in [0, 0.1) is 5.82 Å². The number of piperazine rings is 1. The van der Waals surface area contributed by atoms with Crippen molar-refractivity contribution in [1.82, 2.24) is 19.2 Å². The summed E-state index contributed by atoms with van der Waals surface area (Å²) in [4.78, 5) is 14.1. The molecule has 0 N–H and O–H groups in total. The molecule has 3 heterocycles. The molecule has 0 atom stereocenters. The lowest BCUT2D eigenvalue weighted by molar-refractivity contribution is 0.310. The number of sulfonamides is 1. The summed E-state index contributed by atoms with van der Waals surface area (Å²) in [6.45, 7) is 3.81. The van der Waals surface area contributed by atoms with Gasteiger partial charge in [-0.05, 0) is 43.4 Å². The summed E-state index contributed by atoms with van der Waals surface area (Å²) < 4.78 is 47.4. The van der Waals surface area contributed by atoms with E-state index in [1.165, 1.54) is 28.6 Å². The Kier molecular flexibility index (Phi) is 6.20. The number of ether oxygens (including phenoxy) is 1. The first-order chi connectivity index (χ1) is 16.4. The molecule has 0 radical (unpaired) electrons. The molecule has 1 fully saturated rings. The van der Waals surface area contributed by atoms with Gasteiger partial charge in [0.25, 0.3) is 0 Å². The molecule has 0 saturated carbocycles. The van der Waals surface area contributed by atoms with E-state index in [4.69, 9.17) is 14.7 Å². The minimum Gasteiger partial charge on any atom is -0.438 e. The Hall–Kier alpha value is -3.08. The van der Waals surface area contributed by atoms with Crippen molar-refractivity contribution in [3.05, 3.63) is 71.7 Å². The molecule has 2 aliphatic rings. The van der Waals surface area contributed by atoms with Crippen molar-refractivity contribution in [3.63, 3.8) is 0 Å². The Morgan fingerprint density at radius 2 is 1.62 bits per heavy atom. The third kappa shape index (κ3) is 4.61. The lowest BCUT2D eigenvalue weighted by atomic mass is 10.1. The molecule has 2 aromatic carbocycles. The number of nitrogens with zero attached hydrogens (tertiary/aromatic N) is 5. The fourth-order valence-corrected chi connectivity index (χ4v) is 5.57. The van der Waals surface area contributed by atoms with Gasteiger partial charge < -0.3 is 14.5 Å². The molecule has 8 nitrogen and oxygen atoms in total. The lowest BCUT2D eigenvalue weighted by Gasteiger charge is -2.34. The van der Waals surface area contributed by atoms with E-state index in [0.29, 0.717) is 36.1 Å². The van der Waals surface area contributed by atoms with Gasteiger partial charge in [-0.3, -0.25) is 0 Å². The van der Waals surface area contributed by atoms with Gasteiger partial charge in [0.2, 0.25) is 21.9 Å². The van der Waals surface area contributed by atoms with Crippen LogP contribution in [0.3, 0.4) is 0 Å². The molecule has 3 aromatic rings. The van der Waals surface area contributed by atoms with Crippen molar-refractivity contribution in [2.75, 3.05) is 44.7 Å². The number of halogens is 1. The molecule has 0 spiro atoms. The predicted molar refractivity (Wildman–Crippen MR) is 126 cm³/mol. The summed E-state index contributed by atoms with van der Waals surface area (Å²) >= 11 is 0. The second-order valence-corrected chi connectivity index (χ2v) is 10.4. The maximum Gasteiger partial charge on any atom is 0.243 e. The van der Waals surface area contributed by atoms with Crippen LogP contribution in [-0.2, 0) is 23.0 Å². The van der Waals surface area contributed by atoms with Crippen molar-refractivity contribution < 1.29 is 17.5 Å². The molecular weight excluding hydrogens is 457 g/mol. The molecule has 1 aromatic heterocycles. The first-order valence-corrected chi connectivity index (χ1v) is 12.7. The Morgan fingerprint density at radius 3 is 2.32 bits per heavy atom. The second kappa shape index (κ2) is 9.28. The van der Waals surface area contributed by atoms with Crippen LogP contribution in [0.15, 0.2) is 59.5 Å². The molecule has 1 saturated heterocycles. The monoisotopic (exact) mass is 483 g/mol. The van der Waals surface area contributed by atoms with Crippen molar-refractivity contribution in [3.8, 4) is 11.6 Å². The SMILES string of the molecule is CN1CCN(c2nc3c(c(Oc4ccc(F)cc4)n2)CN(S(=O)(=O)c2ccccc2)CC3)CC1. The highest BCUT2D eigenvalue weighted by molar-refractivity contribution is 7.89. The van der Waals surface area contributed by atoms with E-state index < -0.39 is 10.0 Å². The van der Waals surface area contributed by atoms with E-state index in [2.05, 4.69) is 16.8 Å². The van der Waals surface area contributed by atoms with Gasteiger partial charge in [0, 0.05) is 45.7 Å². The van der Waals surface area contributed by atoms with Crippen molar-refractivity contribution in [1.29, 1.82) is 0 Å². The van der Waals surface area contributed by atoms with E-state index >= 15 is 0 Å². The van der Waals surface area contributed by atoms with E-state index in [0.717, 1.165) is 31.9 Å². The number of rotatable bonds is 5. The van der Waals surface area contributed by atoms with Crippen LogP contribution in [0.1, 0.15) is 11.3 Å². The normalized spacial score (nSPS) is 17.4. The fraction of sp³-hybridized carbons (Fsp3) is 0.333. The van der Waals surface area contributed by atoms with Gasteiger partial charge in [0.15, 0.2) is 0 Å². The van der Waals surface area contributed by atoms with Crippen molar-refractivity contribution in [2.45, 2.75) is 17.9 Å². The summed E-state index contributed by atoms with van der Waals surface area (Å²) in [6, 6.07) is 14.1. The number of hydrogen-bond donors (Lipinski definition) is 0. The average Bonchev–Trinajstić information content (AvgIpc) is 2.86. The van der Waals surface area contributed by atoms with Gasteiger partial charge in [-0.2, -0.15) is 9.29 Å². The van der Waals surface area contributed by atoms with Crippen LogP contribution in [0.25, 0.3) is 0 Å². The topological polar surface area (TPSA) is 78.9 Å². The van der Waals surface area contributed by atoms with Crippen LogP contribution in [-0.4, -0.2) is 67.4 Å². The number of fused-ring (bicyclic) bond motifs is 1. The number of hydrogen-bond acceptors (Lipinski definition) is 7. The minimum atomic E-state index is -3.68. The minimum absolute atomic E-state index is 0.103. The zero-order valence-corrected chi connectivity index (χ0v) is 19.7.